The fraction of sp³-hybridized carbons (Fsp3) is 0.905. The van der Waals surface area contributed by atoms with E-state index in [1.54, 1.807) is 0 Å². The molecule has 3 fully saturated rings. The number of hydrogen-bond acceptors (Lipinski definition) is 4. The van der Waals surface area contributed by atoms with Gasteiger partial charge in [-0.2, -0.15) is 0 Å². The summed E-state index contributed by atoms with van der Waals surface area (Å²) in [4.78, 5) is 29.7. The molecule has 3 aliphatic heterocycles. The number of amides is 2. The van der Waals surface area contributed by atoms with Crippen molar-refractivity contribution in [1.29, 1.82) is 0 Å². The highest BCUT2D eigenvalue weighted by molar-refractivity contribution is 5.82. The first-order valence-electron chi connectivity index (χ1n) is 10.5. The molecule has 2 bridgehead atoms. The molecule has 154 valence electrons. The Morgan fingerprint density at radius 2 is 1.74 bits per heavy atom. The molecular weight excluding hydrogens is 344 g/mol. The molecule has 0 aromatic heterocycles. The summed E-state index contributed by atoms with van der Waals surface area (Å²) < 4.78 is 11.5. The third-order valence-corrected chi connectivity index (χ3v) is 6.63. The lowest BCUT2D eigenvalue weighted by atomic mass is 9.78. The van der Waals surface area contributed by atoms with Crippen molar-refractivity contribution in [3.05, 3.63) is 0 Å². The van der Waals surface area contributed by atoms with E-state index >= 15 is 0 Å². The number of hydrogen-bond donors (Lipinski definition) is 0. The Labute approximate surface area is 163 Å². The standard InChI is InChI=1S/C21H36N2O4/c1-14(2)15(3)19(24)23-12-17-10-16(18(13-23)27-17)11-21(4,5)20(25)22-6-8-26-9-7-22/h14-18H,6-13H2,1-5H3. The van der Waals surface area contributed by atoms with E-state index < -0.39 is 5.41 Å². The second-order valence-corrected chi connectivity index (χ2v) is 9.56. The molecule has 0 N–H and O–H groups in total. The van der Waals surface area contributed by atoms with Crippen LogP contribution >= 0.6 is 0 Å². The van der Waals surface area contributed by atoms with Gasteiger partial charge in [0.15, 0.2) is 0 Å². The van der Waals surface area contributed by atoms with Crippen molar-refractivity contribution in [2.45, 2.75) is 59.7 Å². The maximum atomic E-state index is 13.0. The minimum absolute atomic E-state index is 0.0419. The zero-order valence-corrected chi connectivity index (χ0v) is 17.6. The first kappa shape index (κ1) is 20.6. The highest BCUT2D eigenvalue weighted by Crippen LogP contribution is 2.40. The molecule has 4 unspecified atom stereocenters. The number of carbonyl (C=O) groups is 2. The van der Waals surface area contributed by atoms with Crippen molar-refractivity contribution in [3.8, 4) is 0 Å². The number of ether oxygens (including phenoxy) is 2. The SMILES string of the molecule is CC(C)C(C)C(=O)N1CC2CC(CC(C)(C)C(=O)N3CCOCC3)C(C1)O2. The molecular formula is C21H36N2O4. The van der Waals surface area contributed by atoms with E-state index in [1.165, 1.54) is 0 Å². The number of morpholine rings is 2. The van der Waals surface area contributed by atoms with E-state index in [4.69, 9.17) is 9.47 Å². The second kappa shape index (κ2) is 8.08. The Balaban J connectivity index is 1.60. The maximum Gasteiger partial charge on any atom is 0.228 e. The third kappa shape index (κ3) is 4.48. The summed E-state index contributed by atoms with van der Waals surface area (Å²) in [6, 6.07) is 0. The lowest BCUT2D eigenvalue weighted by molar-refractivity contribution is -0.148. The number of carbonyl (C=O) groups excluding carboxylic acids is 2. The van der Waals surface area contributed by atoms with E-state index in [2.05, 4.69) is 27.7 Å². The van der Waals surface area contributed by atoms with Gasteiger partial charge in [0, 0.05) is 37.5 Å². The Bertz CT molecular complexity index is 556. The molecule has 4 atom stereocenters. The quantitative estimate of drug-likeness (QED) is 0.733. The average Bonchev–Trinajstić information content (AvgIpc) is 2.92. The van der Waals surface area contributed by atoms with E-state index in [-0.39, 0.29) is 29.9 Å². The monoisotopic (exact) mass is 380 g/mol. The molecule has 3 heterocycles. The molecule has 0 aliphatic carbocycles. The van der Waals surface area contributed by atoms with Crippen molar-refractivity contribution < 1.29 is 19.1 Å². The van der Waals surface area contributed by atoms with Crippen LogP contribution in [0.2, 0.25) is 0 Å². The van der Waals surface area contributed by atoms with Gasteiger partial charge in [-0.25, -0.2) is 0 Å². The van der Waals surface area contributed by atoms with Crippen molar-refractivity contribution in [3.63, 3.8) is 0 Å². The fourth-order valence-electron chi connectivity index (χ4n) is 4.66. The van der Waals surface area contributed by atoms with Gasteiger partial charge in [0.2, 0.25) is 11.8 Å². The number of likely N-dealkylation sites (tertiary alicyclic amines) is 1. The van der Waals surface area contributed by atoms with Gasteiger partial charge in [-0.1, -0.05) is 34.6 Å². The van der Waals surface area contributed by atoms with E-state index in [9.17, 15) is 9.59 Å². The van der Waals surface area contributed by atoms with Crippen molar-refractivity contribution in [1.82, 2.24) is 9.80 Å². The van der Waals surface area contributed by atoms with Crippen LogP contribution in [-0.4, -0.2) is 73.2 Å². The first-order chi connectivity index (χ1) is 12.7. The van der Waals surface area contributed by atoms with E-state index in [0.29, 0.717) is 51.2 Å². The zero-order chi connectivity index (χ0) is 19.8. The van der Waals surface area contributed by atoms with Gasteiger partial charge in [-0.05, 0) is 24.7 Å². The predicted octanol–water partition coefficient (Wildman–Crippen LogP) is 2.17. The van der Waals surface area contributed by atoms with Crippen LogP contribution in [0.4, 0.5) is 0 Å². The van der Waals surface area contributed by atoms with Crippen molar-refractivity contribution >= 4 is 11.8 Å². The summed E-state index contributed by atoms with van der Waals surface area (Å²) in [5.74, 6) is 1.18. The molecule has 0 aromatic rings. The highest BCUT2D eigenvalue weighted by atomic mass is 16.5. The van der Waals surface area contributed by atoms with Crippen LogP contribution in [-0.2, 0) is 19.1 Å². The van der Waals surface area contributed by atoms with Gasteiger partial charge in [-0.3, -0.25) is 9.59 Å². The molecule has 3 rings (SSSR count). The van der Waals surface area contributed by atoms with Gasteiger partial charge in [-0.15, -0.1) is 0 Å². The molecule has 0 aromatic carbocycles. The topological polar surface area (TPSA) is 59.1 Å². The first-order valence-corrected chi connectivity index (χ1v) is 10.5. The summed E-state index contributed by atoms with van der Waals surface area (Å²) in [5.41, 5.74) is -0.414. The van der Waals surface area contributed by atoms with Gasteiger partial charge >= 0.3 is 0 Å². The van der Waals surface area contributed by atoms with E-state index in [1.807, 2.05) is 16.7 Å². The van der Waals surface area contributed by atoms with Crippen LogP contribution in [0.1, 0.15) is 47.5 Å². The predicted molar refractivity (Wildman–Crippen MR) is 103 cm³/mol. The Kier molecular flexibility index (Phi) is 6.16. The van der Waals surface area contributed by atoms with Crippen LogP contribution in [0.5, 0.6) is 0 Å². The van der Waals surface area contributed by atoms with Gasteiger partial charge < -0.3 is 19.3 Å². The third-order valence-electron chi connectivity index (χ3n) is 6.63. The van der Waals surface area contributed by atoms with Crippen LogP contribution < -0.4 is 0 Å². The van der Waals surface area contributed by atoms with Gasteiger partial charge in [0.05, 0.1) is 25.4 Å². The van der Waals surface area contributed by atoms with Crippen molar-refractivity contribution in [2.75, 3.05) is 39.4 Å². The zero-order valence-electron chi connectivity index (χ0n) is 17.6. The summed E-state index contributed by atoms with van der Waals surface area (Å²) in [6.07, 6.45) is 1.94. The van der Waals surface area contributed by atoms with Gasteiger partial charge in [0.25, 0.3) is 0 Å². The van der Waals surface area contributed by atoms with E-state index in [0.717, 1.165) is 12.8 Å². The normalized spacial score (nSPS) is 29.9. The number of fused-ring (bicyclic) bond motifs is 2. The number of rotatable bonds is 5. The fourth-order valence-corrected chi connectivity index (χ4v) is 4.66. The Hall–Kier alpha value is -1.14. The summed E-state index contributed by atoms with van der Waals surface area (Å²) in [7, 11) is 0. The minimum atomic E-state index is -0.414. The second-order valence-electron chi connectivity index (χ2n) is 9.56. The highest BCUT2D eigenvalue weighted by Gasteiger charge is 2.46. The van der Waals surface area contributed by atoms with Crippen LogP contribution in [0.3, 0.4) is 0 Å². The van der Waals surface area contributed by atoms with Crippen LogP contribution in [0.25, 0.3) is 0 Å². The molecule has 6 heteroatoms. The lowest BCUT2D eigenvalue weighted by Crippen LogP contribution is -2.50. The largest absolute Gasteiger partial charge is 0.378 e. The summed E-state index contributed by atoms with van der Waals surface area (Å²) in [6.45, 7) is 14.3. The molecule has 0 radical (unpaired) electrons. The molecule has 3 saturated heterocycles. The van der Waals surface area contributed by atoms with Crippen LogP contribution in [0, 0.1) is 23.2 Å². The van der Waals surface area contributed by atoms with Gasteiger partial charge in [0.1, 0.15) is 0 Å². The molecule has 6 nitrogen and oxygen atoms in total. The summed E-state index contributed by atoms with van der Waals surface area (Å²) >= 11 is 0. The van der Waals surface area contributed by atoms with Crippen LogP contribution in [0.15, 0.2) is 0 Å². The Morgan fingerprint density at radius 3 is 2.37 bits per heavy atom. The molecule has 2 amide bonds. The molecule has 27 heavy (non-hydrogen) atoms. The van der Waals surface area contributed by atoms with Crippen molar-refractivity contribution in [2.24, 2.45) is 23.2 Å². The average molecular weight is 381 g/mol. The molecule has 3 aliphatic rings. The minimum Gasteiger partial charge on any atom is -0.378 e. The smallest absolute Gasteiger partial charge is 0.228 e. The maximum absolute atomic E-state index is 13.0. The Morgan fingerprint density at radius 1 is 1.07 bits per heavy atom. The summed E-state index contributed by atoms with van der Waals surface area (Å²) in [5, 5.41) is 0. The molecule has 0 spiro atoms. The molecule has 0 saturated carbocycles. The lowest BCUT2D eigenvalue weighted by Gasteiger charge is -2.37. The number of nitrogens with zero attached hydrogens (tertiary/aromatic N) is 2.